The quantitative estimate of drug-likeness (QED) is 0.741. The van der Waals surface area contributed by atoms with E-state index in [1.165, 1.54) is 11.3 Å². The molecule has 0 spiro atoms. The van der Waals surface area contributed by atoms with Gasteiger partial charge in [0.1, 0.15) is 5.75 Å². The molecular weight excluding hydrogens is 322 g/mol. The fraction of sp³-hybridized carbons (Fsp3) is 0.111. The Bertz CT molecular complexity index is 816. The van der Waals surface area contributed by atoms with Crippen molar-refractivity contribution >= 4 is 28.1 Å². The third-order valence-electron chi connectivity index (χ3n) is 3.40. The number of amides is 1. The molecule has 0 saturated carbocycles. The van der Waals surface area contributed by atoms with Crippen molar-refractivity contribution in [2.75, 3.05) is 11.1 Å². The topological polar surface area (TPSA) is 77.2 Å². The first-order valence-electron chi connectivity index (χ1n) is 7.46. The number of benzene rings is 2. The Hall–Kier alpha value is -2.86. The van der Waals surface area contributed by atoms with Gasteiger partial charge in [-0.1, -0.05) is 18.2 Å². The third-order valence-corrected chi connectivity index (χ3v) is 4.07. The summed E-state index contributed by atoms with van der Waals surface area (Å²) in [5, 5.41) is 5.26. The highest BCUT2D eigenvalue weighted by Gasteiger charge is 2.15. The normalized spacial score (nSPS) is 11.7. The molecule has 0 fully saturated rings. The number of hydrogen-bond donors (Lipinski definition) is 2. The van der Waals surface area contributed by atoms with E-state index in [-0.39, 0.29) is 5.91 Å². The van der Waals surface area contributed by atoms with Crippen LogP contribution in [0.25, 0.3) is 11.3 Å². The van der Waals surface area contributed by atoms with Crippen molar-refractivity contribution in [3.63, 3.8) is 0 Å². The van der Waals surface area contributed by atoms with Crippen LogP contribution in [0.15, 0.2) is 60.0 Å². The third kappa shape index (κ3) is 3.91. The van der Waals surface area contributed by atoms with Gasteiger partial charge in [0.25, 0.3) is 5.91 Å². The van der Waals surface area contributed by atoms with Crippen molar-refractivity contribution in [2.24, 2.45) is 0 Å². The fourth-order valence-corrected chi connectivity index (χ4v) is 2.72. The fourth-order valence-electron chi connectivity index (χ4n) is 2.15. The summed E-state index contributed by atoms with van der Waals surface area (Å²) in [5.74, 6) is 0.426. The average molecular weight is 339 g/mol. The van der Waals surface area contributed by atoms with Crippen LogP contribution in [-0.2, 0) is 4.79 Å². The van der Waals surface area contributed by atoms with Gasteiger partial charge in [-0.15, -0.1) is 11.3 Å². The van der Waals surface area contributed by atoms with Gasteiger partial charge in [-0.25, -0.2) is 4.98 Å². The zero-order valence-corrected chi connectivity index (χ0v) is 13.9. The number of para-hydroxylation sites is 1. The Kier molecular flexibility index (Phi) is 4.77. The zero-order valence-electron chi connectivity index (χ0n) is 13.1. The van der Waals surface area contributed by atoms with Crippen LogP contribution in [-0.4, -0.2) is 17.0 Å². The Balaban J connectivity index is 1.62. The highest BCUT2D eigenvalue weighted by molar-refractivity contribution is 7.13. The minimum atomic E-state index is -0.606. The molecule has 3 N–H and O–H groups in total. The van der Waals surface area contributed by atoms with Gasteiger partial charge in [0.15, 0.2) is 11.2 Å². The predicted octanol–water partition coefficient (Wildman–Crippen LogP) is 3.80. The molecule has 0 bridgehead atoms. The van der Waals surface area contributed by atoms with E-state index >= 15 is 0 Å². The first-order valence-corrected chi connectivity index (χ1v) is 8.34. The largest absolute Gasteiger partial charge is 0.481 e. The molecule has 2 aromatic carbocycles. The average Bonchev–Trinajstić information content (AvgIpc) is 3.03. The van der Waals surface area contributed by atoms with Crippen LogP contribution in [0.1, 0.15) is 6.92 Å². The van der Waals surface area contributed by atoms with Gasteiger partial charge in [0.2, 0.25) is 0 Å². The number of nitrogens with one attached hydrogen (secondary N) is 1. The maximum atomic E-state index is 12.1. The standard InChI is InChI=1S/C18H17N3O2S/c1-12(17(22)20-14-5-3-2-4-6-14)23-15-9-7-13(8-10-15)16-11-24-18(19)21-16/h2-12H,1H3,(H2,19,21)(H,20,22). The van der Waals surface area contributed by atoms with E-state index in [2.05, 4.69) is 10.3 Å². The van der Waals surface area contributed by atoms with Gasteiger partial charge in [0.05, 0.1) is 5.69 Å². The summed E-state index contributed by atoms with van der Waals surface area (Å²) in [5.41, 5.74) is 8.18. The van der Waals surface area contributed by atoms with Gasteiger partial charge in [0, 0.05) is 16.6 Å². The van der Waals surface area contributed by atoms with E-state index in [0.29, 0.717) is 10.9 Å². The SMILES string of the molecule is CC(Oc1ccc(-c2csc(N)n2)cc1)C(=O)Nc1ccccc1. The maximum absolute atomic E-state index is 12.1. The number of rotatable bonds is 5. The van der Waals surface area contributed by atoms with Crippen LogP contribution in [0.4, 0.5) is 10.8 Å². The van der Waals surface area contributed by atoms with Gasteiger partial charge in [-0.05, 0) is 43.3 Å². The summed E-state index contributed by atoms with van der Waals surface area (Å²) >= 11 is 1.40. The lowest BCUT2D eigenvalue weighted by Gasteiger charge is -2.15. The molecule has 122 valence electrons. The highest BCUT2D eigenvalue weighted by atomic mass is 32.1. The number of hydrogen-bond acceptors (Lipinski definition) is 5. The minimum absolute atomic E-state index is 0.197. The monoisotopic (exact) mass is 339 g/mol. The Morgan fingerprint density at radius 3 is 2.50 bits per heavy atom. The van der Waals surface area contributed by atoms with E-state index in [4.69, 9.17) is 10.5 Å². The molecule has 0 saturated heterocycles. The Morgan fingerprint density at radius 2 is 1.88 bits per heavy atom. The summed E-state index contributed by atoms with van der Waals surface area (Å²) in [6, 6.07) is 16.7. The van der Waals surface area contributed by atoms with E-state index in [0.717, 1.165) is 16.9 Å². The van der Waals surface area contributed by atoms with Crippen LogP contribution in [0, 0.1) is 0 Å². The molecule has 0 radical (unpaired) electrons. The summed E-state index contributed by atoms with van der Waals surface area (Å²) in [6.07, 6.45) is -0.606. The van der Waals surface area contributed by atoms with Gasteiger partial charge in [-0.3, -0.25) is 4.79 Å². The van der Waals surface area contributed by atoms with Crippen LogP contribution in [0.3, 0.4) is 0 Å². The second-order valence-electron chi connectivity index (χ2n) is 5.21. The lowest BCUT2D eigenvalue weighted by molar-refractivity contribution is -0.122. The molecule has 1 aromatic heterocycles. The molecule has 24 heavy (non-hydrogen) atoms. The molecule has 3 rings (SSSR count). The molecule has 6 heteroatoms. The van der Waals surface area contributed by atoms with Crippen molar-refractivity contribution < 1.29 is 9.53 Å². The first kappa shape index (κ1) is 16.0. The lowest BCUT2D eigenvalue weighted by Crippen LogP contribution is -2.30. The molecule has 1 atom stereocenters. The number of thiazole rings is 1. The van der Waals surface area contributed by atoms with Crippen molar-refractivity contribution in [2.45, 2.75) is 13.0 Å². The smallest absolute Gasteiger partial charge is 0.265 e. The number of nitrogens with zero attached hydrogens (tertiary/aromatic N) is 1. The van der Waals surface area contributed by atoms with Crippen LogP contribution in [0.2, 0.25) is 0 Å². The molecule has 0 aliphatic heterocycles. The van der Waals surface area contributed by atoms with Crippen LogP contribution >= 0.6 is 11.3 Å². The van der Waals surface area contributed by atoms with Gasteiger partial charge >= 0.3 is 0 Å². The number of anilines is 2. The molecule has 5 nitrogen and oxygen atoms in total. The molecule has 1 heterocycles. The Morgan fingerprint density at radius 1 is 1.17 bits per heavy atom. The molecular formula is C18H17N3O2S. The maximum Gasteiger partial charge on any atom is 0.265 e. The number of nitrogens with two attached hydrogens (primary N) is 1. The second-order valence-corrected chi connectivity index (χ2v) is 6.10. The number of aromatic nitrogens is 1. The molecule has 1 unspecified atom stereocenters. The molecule has 0 aliphatic carbocycles. The van der Waals surface area contributed by atoms with E-state index in [1.807, 2.05) is 60.0 Å². The van der Waals surface area contributed by atoms with E-state index < -0.39 is 6.10 Å². The number of ether oxygens (including phenoxy) is 1. The van der Waals surface area contributed by atoms with Crippen molar-refractivity contribution in [3.05, 3.63) is 60.0 Å². The van der Waals surface area contributed by atoms with Gasteiger partial charge < -0.3 is 15.8 Å². The summed E-state index contributed by atoms with van der Waals surface area (Å²) in [7, 11) is 0. The van der Waals surface area contributed by atoms with Gasteiger partial charge in [-0.2, -0.15) is 0 Å². The van der Waals surface area contributed by atoms with E-state index in [1.54, 1.807) is 6.92 Å². The molecule has 3 aromatic rings. The van der Waals surface area contributed by atoms with Crippen molar-refractivity contribution in [1.29, 1.82) is 0 Å². The highest BCUT2D eigenvalue weighted by Crippen LogP contribution is 2.25. The summed E-state index contributed by atoms with van der Waals surface area (Å²) in [6.45, 7) is 1.72. The number of carbonyl (C=O) groups excluding carboxylic acids is 1. The van der Waals surface area contributed by atoms with Crippen molar-refractivity contribution in [3.8, 4) is 17.0 Å². The van der Waals surface area contributed by atoms with Crippen molar-refractivity contribution in [1.82, 2.24) is 4.98 Å². The predicted molar refractivity (Wildman–Crippen MR) is 97.1 cm³/mol. The Labute approximate surface area is 144 Å². The second kappa shape index (κ2) is 7.14. The summed E-state index contributed by atoms with van der Waals surface area (Å²) < 4.78 is 5.69. The number of carbonyl (C=O) groups is 1. The molecule has 0 aliphatic rings. The van der Waals surface area contributed by atoms with E-state index in [9.17, 15) is 4.79 Å². The number of nitrogen functional groups attached to an aromatic ring is 1. The zero-order chi connectivity index (χ0) is 16.9. The molecule has 1 amide bonds. The van der Waals surface area contributed by atoms with Crippen LogP contribution in [0.5, 0.6) is 5.75 Å². The minimum Gasteiger partial charge on any atom is -0.481 e. The summed E-state index contributed by atoms with van der Waals surface area (Å²) in [4.78, 5) is 16.4. The first-order chi connectivity index (χ1) is 11.6. The lowest BCUT2D eigenvalue weighted by atomic mass is 10.2. The van der Waals surface area contributed by atoms with Crippen LogP contribution < -0.4 is 15.8 Å².